The van der Waals surface area contributed by atoms with Crippen LogP contribution in [0.1, 0.15) is 5.56 Å². The molecule has 90 valence electrons. The normalized spacial score (nSPS) is 10.8. The average molecular weight is 288 g/mol. The minimum absolute atomic E-state index is 0.649. The predicted octanol–water partition coefficient (Wildman–Crippen LogP) is 2.54. The largest absolute Gasteiger partial charge is 0.496 e. The zero-order valence-corrected chi connectivity index (χ0v) is 11.6. The lowest BCUT2D eigenvalue weighted by atomic mass is 10.1. The summed E-state index contributed by atoms with van der Waals surface area (Å²) in [5, 5.41) is 0. The van der Waals surface area contributed by atoms with Crippen molar-refractivity contribution in [3.05, 3.63) is 28.2 Å². The summed E-state index contributed by atoms with van der Waals surface area (Å²) < 4.78 is 11.5. The van der Waals surface area contributed by atoms with Gasteiger partial charge >= 0.3 is 0 Å². The molecular formula is C12H18BrNO2. The molecule has 0 saturated heterocycles. The number of methoxy groups -OCH3 is 2. The topological polar surface area (TPSA) is 21.7 Å². The standard InChI is InChI=1S/C12H18BrNO2/c1-14(9-15-2)7-6-10-8-11(13)4-5-12(10)16-3/h4-5,8H,6-7,9H2,1-3H3. The van der Waals surface area contributed by atoms with Gasteiger partial charge in [-0.05, 0) is 37.2 Å². The van der Waals surface area contributed by atoms with Crippen molar-refractivity contribution in [2.24, 2.45) is 0 Å². The molecule has 3 nitrogen and oxygen atoms in total. The number of benzene rings is 1. The number of ether oxygens (including phenoxy) is 2. The molecule has 1 rings (SSSR count). The van der Waals surface area contributed by atoms with Gasteiger partial charge in [0.05, 0.1) is 13.8 Å². The first-order valence-electron chi connectivity index (χ1n) is 5.17. The molecule has 0 unspecified atom stereocenters. The molecule has 0 saturated carbocycles. The smallest absolute Gasteiger partial charge is 0.122 e. The maximum Gasteiger partial charge on any atom is 0.122 e. The van der Waals surface area contributed by atoms with Gasteiger partial charge in [0.1, 0.15) is 5.75 Å². The Morgan fingerprint density at radius 2 is 2.06 bits per heavy atom. The maximum absolute atomic E-state index is 5.32. The Hall–Kier alpha value is -0.580. The molecule has 0 amide bonds. The number of nitrogens with zero attached hydrogens (tertiary/aromatic N) is 1. The highest BCUT2D eigenvalue weighted by Gasteiger charge is 2.05. The monoisotopic (exact) mass is 287 g/mol. The minimum Gasteiger partial charge on any atom is -0.496 e. The summed E-state index contributed by atoms with van der Waals surface area (Å²) in [6, 6.07) is 6.07. The lowest BCUT2D eigenvalue weighted by Crippen LogP contribution is -2.23. The van der Waals surface area contributed by atoms with Gasteiger partial charge in [0.2, 0.25) is 0 Å². The number of hydrogen-bond acceptors (Lipinski definition) is 3. The van der Waals surface area contributed by atoms with E-state index in [1.54, 1.807) is 14.2 Å². The van der Waals surface area contributed by atoms with Gasteiger partial charge in [0.25, 0.3) is 0 Å². The fraction of sp³-hybridized carbons (Fsp3) is 0.500. The van der Waals surface area contributed by atoms with Gasteiger partial charge in [-0.2, -0.15) is 0 Å². The molecule has 0 aliphatic rings. The predicted molar refractivity (Wildman–Crippen MR) is 68.9 cm³/mol. The van der Waals surface area contributed by atoms with E-state index >= 15 is 0 Å². The third-order valence-electron chi connectivity index (χ3n) is 2.35. The lowest BCUT2D eigenvalue weighted by Gasteiger charge is -2.16. The van der Waals surface area contributed by atoms with E-state index in [1.807, 2.05) is 19.2 Å². The van der Waals surface area contributed by atoms with E-state index in [1.165, 1.54) is 5.56 Å². The van der Waals surface area contributed by atoms with Crippen molar-refractivity contribution in [3.63, 3.8) is 0 Å². The van der Waals surface area contributed by atoms with Crippen molar-refractivity contribution in [2.75, 3.05) is 34.5 Å². The van der Waals surface area contributed by atoms with Crippen LogP contribution < -0.4 is 4.74 Å². The summed E-state index contributed by atoms with van der Waals surface area (Å²) >= 11 is 3.47. The molecule has 1 aromatic rings. The van der Waals surface area contributed by atoms with Crippen molar-refractivity contribution in [1.29, 1.82) is 0 Å². The van der Waals surface area contributed by atoms with Crippen LogP contribution in [0.5, 0.6) is 5.75 Å². The minimum atomic E-state index is 0.649. The zero-order chi connectivity index (χ0) is 12.0. The molecule has 0 aliphatic carbocycles. The molecule has 0 atom stereocenters. The number of halogens is 1. The van der Waals surface area contributed by atoms with E-state index < -0.39 is 0 Å². The highest BCUT2D eigenvalue weighted by atomic mass is 79.9. The Labute approximate surface area is 105 Å². The first-order valence-corrected chi connectivity index (χ1v) is 5.96. The fourth-order valence-electron chi connectivity index (χ4n) is 1.54. The Morgan fingerprint density at radius 1 is 1.31 bits per heavy atom. The first-order chi connectivity index (χ1) is 7.67. The summed E-state index contributed by atoms with van der Waals surface area (Å²) in [6.07, 6.45) is 0.947. The summed E-state index contributed by atoms with van der Waals surface area (Å²) in [4.78, 5) is 2.13. The molecule has 1 aromatic carbocycles. The van der Waals surface area contributed by atoms with E-state index in [2.05, 4.69) is 26.9 Å². The summed E-state index contributed by atoms with van der Waals surface area (Å²) in [7, 11) is 5.44. The zero-order valence-electron chi connectivity index (χ0n) is 10.00. The van der Waals surface area contributed by atoms with Crippen molar-refractivity contribution in [1.82, 2.24) is 4.90 Å². The van der Waals surface area contributed by atoms with Gasteiger partial charge < -0.3 is 9.47 Å². The Bertz CT molecular complexity index is 331. The molecule has 0 N–H and O–H groups in total. The second kappa shape index (κ2) is 6.89. The van der Waals surface area contributed by atoms with Gasteiger partial charge in [-0.15, -0.1) is 0 Å². The van der Waals surface area contributed by atoms with E-state index in [0.29, 0.717) is 6.73 Å². The SMILES string of the molecule is COCN(C)CCc1cc(Br)ccc1OC. The highest BCUT2D eigenvalue weighted by Crippen LogP contribution is 2.23. The number of rotatable bonds is 6. The van der Waals surface area contributed by atoms with Crippen LogP contribution in [0.25, 0.3) is 0 Å². The Balaban J connectivity index is 2.61. The summed E-state index contributed by atoms with van der Waals surface area (Å²) in [5.41, 5.74) is 1.21. The second-order valence-corrected chi connectivity index (χ2v) is 4.62. The Kier molecular flexibility index (Phi) is 5.80. The van der Waals surface area contributed by atoms with Crippen LogP contribution in [0.3, 0.4) is 0 Å². The van der Waals surface area contributed by atoms with Crippen molar-refractivity contribution < 1.29 is 9.47 Å². The van der Waals surface area contributed by atoms with Crippen molar-refractivity contribution >= 4 is 15.9 Å². The average Bonchev–Trinajstić information content (AvgIpc) is 2.27. The van der Waals surface area contributed by atoms with Crippen molar-refractivity contribution in [3.8, 4) is 5.75 Å². The highest BCUT2D eigenvalue weighted by molar-refractivity contribution is 9.10. The number of hydrogen-bond donors (Lipinski definition) is 0. The van der Waals surface area contributed by atoms with E-state index in [0.717, 1.165) is 23.2 Å². The molecular weight excluding hydrogens is 270 g/mol. The molecule has 4 heteroatoms. The number of likely N-dealkylation sites (N-methyl/N-ethyl adjacent to an activating group) is 1. The second-order valence-electron chi connectivity index (χ2n) is 3.70. The maximum atomic E-state index is 5.32. The van der Waals surface area contributed by atoms with Gasteiger partial charge in [0, 0.05) is 18.1 Å². The third kappa shape index (κ3) is 4.12. The molecule has 0 bridgehead atoms. The Morgan fingerprint density at radius 3 is 2.69 bits per heavy atom. The van der Waals surface area contributed by atoms with Crippen LogP contribution in [-0.4, -0.2) is 39.4 Å². The molecule has 16 heavy (non-hydrogen) atoms. The molecule has 0 fully saturated rings. The quantitative estimate of drug-likeness (QED) is 0.751. The van der Waals surface area contributed by atoms with Gasteiger partial charge in [-0.25, -0.2) is 0 Å². The molecule has 0 heterocycles. The summed E-state index contributed by atoms with van der Waals surface area (Å²) in [6.45, 7) is 1.59. The molecule has 0 spiro atoms. The molecule has 0 aromatic heterocycles. The summed E-state index contributed by atoms with van der Waals surface area (Å²) in [5.74, 6) is 0.939. The van der Waals surface area contributed by atoms with Crippen LogP contribution >= 0.6 is 15.9 Å². The van der Waals surface area contributed by atoms with Crippen LogP contribution in [0.15, 0.2) is 22.7 Å². The molecule has 0 radical (unpaired) electrons. The van der Waals surface area contributed by atoms with Crippen molar-refractivity contribution in [2.45, 2.75) is 6.42 Å². The molecule has 0 aliphatic heterocycles. The van der Waals surface area contributed by atoms with E-state index in [9.17, 15) is 0 Å². The first kappa shape index (κ1) is 13.5. The fourth-order valence-corrected chi connectivity index (χ4v) is 1.95. The van der Waals surface area contributed by atoms with Crippen LogP contribution in [0.4, 0.5) is 0 Å². The van der Waals surface area contributed by atoms with E-state index in [4.69, 9.17) is 9.47 Å². The van der Waals surface area contributed by atoms with Crippen LogP contribution in [0, 0.1) is 0 Å². The van der Waals surface area contributed by atoms with Crippen LogP contribution in [-0.2, 0) is 11.2 Å². The van der Waals surface area contributed by atoms with Gasteiger partial charge in [0.15, 0.2) is 0 Å². The van der Waals surface area contributed by atoms with Gasteiger partial charge in [-0.1, -0.05) is 15.9 Å². The lowest BCUT2D eigenvalue weighted by molar-refractivity contribution is 0.0826. The van der Waals surface area contributed by atoms with Gasteiger partial charge in [-0.3, -0.25) is 4.90 Å². The van der Waals surface area contributed by atoms with Crippen LogP contribution in [0.2, 0.25) is 0 Å². The van der Waals surface area contributed by atoms with E-state index in [-0.39, 0.29) is 0 Å². The third-order valence-corrected chi connectivity index (χ3v) is 2.85.